The molecule has 0 aromatic carbocycles. The van der Waals surface area contributed by atoms with Crippen LogP contribution in [0.25, 0.3) is 0 Å². The summed E-state index contributed by atoms with van der Waals surface area (Å²) in [5.74, 6) is 0.999. The minimum Gasteiger partial charge on any atom is -0.356 e. The van der Waals surface area contributed by atoms with Gasteiger partial charge in [0.15, 0.2) is 0 Å². The lowest BCUT2D eigenvalue weighted by Gasteiger charge is -2.38. The van der Waals surface area contributed by atoms with Gasteiger partial charge >= 0.3 is 0 Å². The maximum atomic E-state index is 12.2. The van der Waals surface area contributed by atoms with E-state index in [9.17, 15) is 4.39 Å². The zero-order valence-electron chi connectivity index (χ0n) is 8.57. The first-order chi connectivity index (χ1) is 7.24. The van der Waals surface area contributed by atoms with Gasteiger partial charge in [0.1, 0.15) is 11.9 Å². The van der Waals surface area contributed by atoms with Gasteiger partial charge in [-0.15, -0.1) is 0 Å². The van der Waals surface area contributed by atoms with Gasteiger partial charge in [-0.1, -0.05) is 0 Å². The highest BCUT2D eigenvalue weighted by molar-refractivity contribution is 5.46. The van der Waals surface area contributed by atoms with Crippen molar-refractivity contribution in [3.8, 4) is 6.07 Å². The fourth-order valence-corrected chi connectivity index (χ4v) is 1.70. The number of aryl methyl sites for hydroxylation is 1. The van der Waals surface area contributed by atoms with Crippen molar-refractivity contribution >= 4 is 5.82 Å². The molecule has 0 amide bonds. The van der Waals surface area contributed by atoms with Gasteiger partial charge in [0.2, 0.25) is 0 Å². The summed E-state index contributed by atoms with van der Waals surface area (Å²) < 4.78 is 12.2. The van der Waals surface area contributed by atoms with Gasteiger partial charge in [-0.25, -0.2) is 4.98 Å². The summed E-state index contributed by atoms with van der Waals surface area (Å²) in [6, 6.07) is 5.66. The molecular weight excluding hydrogens is 193 g/mol. The number of hydrogen-bond acceptors (Lipinski definition) is 3. The first kappa shape index (κ1) is 9.91. The Kier molecular flexibility index (Phi) is 2.55. The van der Waals surface area contributed by atoms with Crippen LogP contribution in [-0.4, -0.2) is 24.7 Å². The van der Waals surface area contributed by atoms with Crippen LogP contribution in [0.3, 0.4) is 0 Å². The normalized spacial score (nSPS) is 15.9. The fraction of sp³-hybridized carbons (Fsp3) is 0.455. The van der Waals surface area contributed by atoms with Crippen LogP contribution in [0.5, 0.6) is 0 Å². The monoisotopic (exact) mass is 205 g/mol. The van der Waals surface area contributed by atoms with Gasteiger partial charge in [-0.2, -0.15) is 5.26 Å². The molecule has 4 heteroatoms. The van der Waals surface area contributed by atoms with E-state index in [0.29, 0.717) is 5.56 Å². The number of hydrogen-bond donors (Lipinski definition) is 0. The average molecular weight is 205 g/mol. The maximum Gasteiger partial charge on any atom is 0.128 e. The van der Waals surface area contributed by atoms with Crippen molar-refractivity contribution in [1.82, 2.24) is 4.98 Å². The molecule has 1 aromatic heterocycles. The number of alkyl halides is 1. The van der Waals surface area contributed by atoms with Crippen molar-refractivity contribution < 1.29 is 4.39 Å². The van der Waals surface area contributed by atoms with E-state index >= 15 is 0 Å². The summed E-state index contributed by atoms with van der Waals surface area (Å²) in [6.45, 7) is 3.02. The van der Waals surface area contributed by atoms with Crippen molar-refractivity contribution in [3.63, 3.8) is 0 Å². The first-order valence-corrected chi connectivity index (χ1v) is 4.93. The van der Waals surface area contributed by atoms with Crippen molar-refractivity contribution in [3.05, 3.63) is 23.4 Å². The van der Waals surface area contributed by atoms with E-state index in [0.717, 1.165) is 24.6 Å². The number of pyridine rings is 1. The Balaban J connectivity index is 2.12. The van der Waals surface area contributed by atoms with Crippen LogP contribution in [-0.2, 0) is 0 Å². The maximum absolute atomic E-state index is 12.2. The molecule has 0 saturated carbocycles. The minimum atomic E-state index is -0.258. The quantitative estimate of drug-likeness (QED) is 0.737. The Morgan fingerprint density at radius 2 is 2.33 bits per heavy atom. The van der Waals surface area contributed by atoms with Crippen LogP contribution in [0.2, 0.25) is 0 Å². The highest BCUT2D eigenvalue weighted by Gasteiger charge is 2.27. The van der Waals surface area contributed by atoms with Crippen LogP contribution >= 0.6 is 0 Å². The predicted molar refractivity (Wildman–Crippen MR) is 55.4 cm³/mol. The third-order valence-corrected chi connectivity index (χ3v) is 2.69. The molecule has 1 fully saturated rings. The summed E-state index contributed by atoms with van der Waals surface area (Å²) >= 11 is 0. The number of anilines is 1. The third kappa shape index (κ3) is 1.78. The lowest BCUT2D eigenvalue weighted by atomic mass is 10.0. The topological polar surface area (TPSA) is 39.9 Å². The molecule has 0 spiro atoms. The van der Waals surface area contributed by atoms with E-state index in [1.165, 1.54) is 0 Å². The van der Waals surface area contributed by atoms with Gasteiger partial charge in [0.25, 0.3) is 0 Å². The van der Waals surface area contributed by atoms with E-state index in [2.05, 4.69) is 11.1 Å². The van der Waals surface area contributed by atoms with E-state index in [4.69, 9.17) is 5.26 Å². The molecule has 0 unspecified atom stereocenters. The molecule has 0 radical (unpaired) electrons. The molecule has 1 saturated heterocycles. The molecule has 15 heavy (non-hydrogen) atoms. The Bertz CT molecular complexity index is 405. The molecule has 2 heterocycles. The van der Waals surface area contributed by atoms with Crippen LogP contribution in [0.1, 0.15) is 11.3 Å². The molecule has 1 aliphatic rings. The number of nitriles is 1. The summed E-state index contributed by atoms with van der Waals surface area (Å²) in [5.41, 5.74) is 1.33. The lowest BCUT2D eigenvalue weighted by Crippen LogP contribution is -2.48. The third-order valence-electron chi connectivity index (χ3n) is 2.69. The minimum absolute atomic E-state index is 0.155. The lowest BCUT2D eigenvalue weighted by molar-refractivity contribution is 0.305. The van der Waals surface area contributed by atoms with E-state index < -0.39 is 0 Å². The number of nitrogens with zero attached hydrogens (tertiary/aromatic N) is 3. The van der Waals surface area contributed by atoms with Gasteiger partial charge in [0.05, 0.1) is 17.9 Å². The van der Waals surface area contributed by atoms with Gasteiger partial charge in [-0.05, 0) is 19.1 Å². The van der Waals surface area contributed by atoms with Crippen molar-refractivity contribution in [2.24, 2.45) is 5.92 Å². The summed E-state index contributed by atoms with van der Waals surface area (Å²) in [7, 11) is 0. The largest absolute Gasteiger partial charge is 0.356 e. The Morgan fingerprint density at radius 3 is 2.87 bits per heavy atom. The average Bonchev–Trinajstić information content (AvgIpc) is 2.16. The second kappa shape index (κ2) is 3.85. The SMILES string of the molecule is Cc1nc(N2CC(CF)C2)ccc1C#N. The van der Waals surface area contributed by atoms with E-state index in [-0.39, 0.29) is 12.6 Å². The number of halogens is 1. The highest BCUT2D eigenvalue weighted by Crippen LogP contribution is 2.23. The van der Waals surface area contributed by atoms with Crippen molar-refractivity contribution in [2.75, 3.05) is 24.7 Å². The standard InChI is InChI=1S/C11H12FN3/c1-8-10(5-13)2-3-11(14-8)15-6-9(4-12)7-15/h2-3,9H,4,6-7H2,1H3. The van der Waals surface area contributed by atoms with Crippen molar-refractivity contribution in [2.45, 2.75) is 6.92 Å². The fourth-order valence-electron chi connectivity index (χ4n) is 1.70. The Morgan fingerprint density at radius 1 is 1.60 bits per heavy atom. The van der Waals surface area contributed by atoms with E-state index in [1.807, 2.05) is 17.9 Å². The Hall–Kier alpha value is -1.63. The summed E-state index contributed by atoms with van der Waals surface area (Å²) in [5, 5.41) is 8.75. The smallest absolute Gasteiger partial charge is 0.128 e. The molecule has 2 rings (SSSR count). The van der Waals surface area contributed by atoms with Crippen LogP contribution in [0.4, 0.5) is 10.2 Å². The highest BCUT2D eigenvalue weighted by atomic mass is 19.1. The van der Waals surface area contributed by atoms with Crippen molar-refractivity contribution in [1.29, 1.82) is 5.26 Å². The van der Waals surface area contributed by atoms with Crippen LogP contribution < -0.4 is 4.90 Å². The van der Waals surface area contributed by atoms with Crippen LogP contribution in [0.15, 0.2) is 12.1 Å². The molecular formula is C11H12FN3. The van der Waals surface area contributed by atoms with Crippen LogP contribution in [0, 0.1) is 24.2 Å². The number of rotatable bonds is 2. The molecule has 3 nitrogen and oxygen atoms in total. The predicted octanol–water partition coefficient (Wildman–Crippen LogP) is 1.67. The molecule has 78 valence electrons. The van der Waals surface area contributed by atoms with Gasteiger partial charge in [0, 0.05) is 19.0 Å². The second-order valence-electron chi connectivity index (χ2n) is 3.84. The number of aromatic nitrogens is 1. The van der Waals surface area contributed by atoms with Gasteiger partial charge < -0.3 is 4.90 Å². The summed E-state index contributed by atoms with van der Waals surface area (Å²) in [4.78, 5) is 6.34. The van der Waals surface area contributed by atoms with Gasteiger partial charge in [-0.3, -0.25) is 4.39 Å². The molecule has 0 N–H and O–H groups in total. The molecule has 0 atom stereocenters. The molecule has 1 aromatic rings. The van der Waals surface area contributed by atoms with E-state index in [1.54, 1.807) is 6.07 Å². The first-order valence-electron chi connectivity index (χ1n) is 4.93. The molecule has 1 aliphatic heterocycles. The summed E-state index contributed by atoms with van der Waals surface area (Å²) in [6.07, 6.45) is 0. The Labute approximate surface area is 88.2 Å². The zero-order valence-corrected chi connectivity index (χ0v) is 8.57. The second-order valence-corrected chi connectivity index (χ2v) is 3.84. The molecule has 0 bridgehead atoms. The zero-order chi connectivity index (χ0) is 10.8. The molecule has 0 aliphatic carbocycles.